The van der Waals surface area contributed by atoms with E-state index < -0.39 is 5.97 Å². The van der Waals surface area contributed by atoms with Crippen molar-refractivity contribution in [3.05, 3.63) is 0 Å². The number of nitrogens with zero attached hydrogens (tertiary/aromatic N) is 1. The first-order chi connectivity index (χ1) is 6.16. The van der Waals surface area contributed by atoms with Crippen LogP contribution in [0.1, 0.15) is 12.8 Å². The van der Waals surface area contributed by atoms with Gasteiger partial charge in [0.2, 0.25) is 0 Å². The van der Waals surface area contributed by atoms with Crippen molar-refractivity contribution in [3.8, 4) is 0 Å². The molecule has 2 heterocycles. The van der Waals surface area contributed by atoms with Gasteiger partial charge in [0.05, 0.1) is 6.17 Å². The highest BCUT2D eigenvalue weighted by molar-refractivity contribution is 9.09. The van der Waals surface area contributed by atoms with E-state index in [4.69, 9.17) is 5.11 Å². The Bertz CT molecular complexity index is 224. The Balaban J connectivity index is 1.98. The molecule has 4 nitrogen and oxygen atoms in total. The lowest BCUT2D eigenvalue weighted by Crippen LogP contribution is -2.44. The molecule has 2 aliphatic heterocycles. The number of rotatable bonds is 1. The van der Waals surface area contributed by atoms with E-state index in [2.05, 4.69) is 26.1 Å². The quantitative estimate of drug-likeness (QED) is 0.653. The molecule has 2 saturated heterocycles. The smallest absolute Gasteiger partial charge is 0.322 e. The summed E-state index contributed by atoms with van der Waals surface area (Å²) in [5.74, 6) is -0.736. The highest BCUT2D eigenvalue weighted by Gasteiger charge is 2.38. The maximum absolute atomic E-state index is 10.7. The number of hydrogen-bond donors (Lipinski definition) is 2. The van der Waals surface area contributed by atoms with Crippen LogP contribution in [0.2, 0.25) is 0 Å². The summed E-state index contributed by atoms with van der Waals surface area (Å²) in [5.41, 5.74) is 0. The van der Waals surface area contributed by atoms with Crippen LogP contribution in [0.15, 0.2) is 0 Å². The van der Waals surface area contributed by atoms with Crippen LogP contribution in [0.5, 0.6) is 0 Å². The lowest BCUT2D eigenvalue weighted by Gasteiger charge is -2.31. The van der Waals surface area contributed by atoms with Crippen LogP contribution >= 0.6 is 15.9 Å². The van der Waals surface area contributed by atoms with Crippen LogP contribution in [0.4, 0.5) is 0 Å². The van der Waals surface area contributed by atoms with E-state index in [9.17, 15) is 4.79 Å². The van der Waals surface area contributed by atoms with Crippen molar-refractivity contribution in [2.45, 2.75) is 29.9 Å². The van der Waals surface area contributed by atoms with Gasteiger partial charge in [-0.3, -0.25) is 15.0 Å². The number of piperidine rings is 1. The second-order valence-electron chi connectivity index (χ2n) is 3.70. The number of carboxylic acids is 1. The van der Waals surface area contributed by atoms with Crippen molar-refractivity contribution in [1.29, 1.82) is 0 Å². The molecule has 0 aromatic rings. The minimum absolute atomic E-state index is 0.287. The van der Waals surface area contributed by atoms with E-state index in [0.717, 1.165) is 19.4 Å². The summed E-state index contributed by atoms with van der Waals surface area (Å²) in [4.78, 5) is 13.5. The molecule has 0 unspecified atom stereocenters. The number of alkyl halides is 1. The molecule has 13 heavy (non-hydrogen) atoms. The zero-order valence-electron chi connectivity index (χ0n) is 7.24. The Morgan fingerprint density at radius 2 is 2.23 bits per heavy atom. The average Bonchev–Trinajstić information content (AvgIpc) is 2.46. The molecule has 0 aromatic heterocycles. The van der Waals surface area contributed by atoms with Gasteiger partial charge in [-0.05, 0) is 12.8 Å². The number of halogens is 1. The standard InChI is InChI=1S/C8H13BrN2O2/c9-5-1-2-7-10-6(8(12)13)4-11(7)3-5/h5-7,10H,1-4H2,(H,12,13)/t5-,6+,7-/m1/s1. The van der Waals surface area contributed by atoms with Crippen molar-refractivity contribution < 1.29 is 9.90 Å². The van der Waals surface area contributed by atoms with Crippen LogP contribution in [0.3, 0.4) is 0 Å². The summed E-state index contributed by atoms with van der Waals surface area (Å²) < 4.78 is 0. The van der Waals surface area contributed by atoms with E-state index in [-0.39, 0.29) is 12.2 Å². The number of nitrogens with one attached hydrogen (secondary N) is 1. The fourth-order valence-electron chi connectivity index (χ4n) is 2.05. The van der Waals surface area contributed by atoms with Gasteiger partial charge >= 0.3 is 5.97 Å². The molecule has 0 spiro atoms. The Morgan fingerprint density at radius 3 is 2.92 bits per heavy atom. The summed E-state index contributed by atoms with van der Waals surface area (Å²) in [6.07, 6.45) is 2.45. The number of hydrogen-bond acceptors (Lipinski definition) is 3. The number of carboxylic acid groups (broad SMARTS) is 1. The van der Waals surface area contributed by atoms with Crippen LogP contribution in [-0.2, 0) is 4.79 Å². The van der Waals surface area contributed by atoms with E-state index in [0.29, 0.717) is 11.4 Å². The SMILES string of the molecule is O=C(O)[C@@H]1CN2C[C@H](Br)CC[C@@H]2N1. The van der Waals surface area contributed by atoms with E-state index >= 15 is 0 Å². The molecular weight excluding hydrogens is 236 g/mol. The zero-order chi connectivity index (χ0) is 9.42. The normalized spacial score (nSPS) is 40.2. The Morgan fingerprint density at radius 1 is 1.46 bits per heavy atom. The highest BCUT2D eigenvalue weighted by Crippen LogP contribution is 2.24. The summed E-state index contributed by atoms with van der Waals surface area (Å²) >= 11 is 3.56. The third-order valence-electron chi connectivity index (χ3n) is 2.74. The molecule has 5 heteroatoms. The molecule has 2 rings (SSSR count). The molecule has 74 valence electrons. The molecule has 2 N–H and O–H groups in total. The van der Waals surface area contributed by atoms with Crippen LogP contribution in [-0.4, -0.2) is 46.1 Å². The minimum Gasteiger partial charge on any atom is -0.480 e. The largest absolute Gasteiger partial charge is 0.480 e. The van der Waals surface area contributed by atoms with E-state index in [1.54, 1.807) is 0 Å². The Hall–Kier alpha value is -0.130. The number of aliphatic carboxylic acids is 1. The molecule has 0 amide bonds. The first-order valence-electron chi connectivity index (χ1n) is 4.54. The molecule has 2 aliphatic rings. The summed E-state index contributed by atoms with van der Waals surface area (Å²) in [5, 5.41) is 11.9. The second-order valence-corrected chi connectivity index (χ2v) is 5.00. The van der Waals surface area contributed by atoms with Crippen molar-refractivity contribution >= 4 is 21.9 Å². The first-order valence-corrected chi connectivity index (χ1v) is 5.45. The monoisotopic (exact) mass is 248 g/mol. The van der Waals surface area contributed by atoms with Gasteiger partial charge in [0.1, 0.15) is 6.04 Å². The molecule has 3 atom stereocenters. The lowest BCUT2D eigenvalue weighted by molar-refractivity contribution is -0.138. The second kappa shape index (κ2) is 3.55. The number of fused-ring (bicyclic) bond motifs is 1. The maximum atomic E-state index is 10.7. The van der Waals surface area contributed by atoms with Gasteiger partial charge < -0.3 is 5.11 Å². The lowest BCUT2D eigenvalue weighted by atomic mass is 10.1. The summed E-state index contributed by atoms with van der Waals surface area (Å²) in [6, 6.07) is -0.372. The van der Waals surface area contributed by atoms with Crippen molar-refractivity contribution in [3.63, 3.8) is 0 Å². The third-order valence-corrected chi connectivity index (χ3v) is 3.48. The van der Waals surface area contributed by atoms with Crippen molar-refractivity contribution in [2.75, 3.05) is 13.1 Å². The predicted molar refractivity (Wildman–Crippen MR) is 51.9 cm³/mol. The molecule has 0 bridgehead atoms. The van der Waals surface area contributed by atoms with E-state index in [1.807, 2.05) is 0 Å². The zero-order valence-corrected chi connectivity index (χ0v) is 8.83. The van der Waals surface area contributed by atoms with Gasteiger partial charge in [0, 0.05) is 17.9 Å². The summed E-state index contributed by atoms with van der Waals surface area (Å²) in [7, 11) is 0. The Kier molecular flexibility index (Phi) is 2.58. The summed E-state index contributed by atoms with van der Waals surface area (Å²) in [6.45, 7) is 1.60. The van der Waals surface area contributed by atoms with Crippen molar-refractivity contribution in [2.24, 2.45) is 0 Å². The third kappa shape index (κ3) is 1.87. The Labute approximate surface area is 85.4 Å². The van der Waals surface area contributed by atoms with Gasteiger partial charge in [-0.2, -0.15) is 0 Å². The molecule has 0 aromatic carbocycles. The number of carbonyl (C=O) groups is 1. The molecule has 0 saturated carbocycles. The van der Waals surface area contributed by atoms with Crippen LogP contribution in [0, 0.1) is 0 Å². The minimum atomic E-state index is -0.736. The van der Waals surface area contributed by atoms with Gasteiger partial charge in [-0.15, -0.1) is 0 Å². The van der Waals surface area contributed by atoms with Crippen LogP contribution < -0.4 is 5.32 Å². The van der Waals surface area contributed by atoms with Gasteiger partial charge in [-0.25, -0.2) is 0 Å². The fraction of sp³-hybridized carbons (Fsp3) is 0.875. The van der Waals surface area contributed by atoms with E-state index in [1.165, 1.54) is 0 Å². The van der Waals surface area contributed by atoms with Gasteiger partial charge in [0.15, 0.2) is 0 Å². The maximum Gasteiger partial charge on any atom is 0.322 e. The van der Waals surface area contributed by atoms with Gasteiger partial charge in [-0.1, -0.05) is 15.9 Å². The van der Waals surface area contributed by atoms with Gasteiger partial charge in [0.25, 0.3) is 0 Å². The topological polar surface area (TPSA) is 52.6 Å². The average molecular weight is 249 g/mol. The molecule has 0 aliphatic carbocycles. The first kappa shape index (κ1) is 9.43. The molecule has 2 fully saturated rings. The predicted octanol–water partition coefficient (Wildman–Crippen LogP) is 0.228. The fourth-order valence-corrected chi connectivity index (χ4v) is 2.69. The molecule has 0 radical (unpaired) electrons. The molecular formula is C8H13BrN2O2. The highest BCUT2D eigenvalue weighted by atomic mass is 79.9. The van der Waals surface area contributed by atoms with Crippen molar-refractivity contribution in [1.82, 2.24) is 10.2 Å². The van der Waals surface area contributed by atoms with Crippen LogP contribution in [0.25, 0.3) is 0 Å².